The number of benzene rings is 1. The lowest BCUT2D eigenvalue weighted by Gasteiger charge is -2.14. The summed E-state index contributed by atoms with van der Waals surface area (Å²) < 4.78 is 5.36. The summed E-state index contributed by atoms with van der Waals surface area (Å²) in [4.78, 5) is 19.3. The third-order valence-electron chi connectivity index (χ3n) is 3.87. The summed E-state index contributed by atoms with van der Waals surface area (Å²) in [6, 6.07) is 8.06. The van der Waals surface area contributed by atoms with E-state index in [1.807, 2.05) is 26.2 Å². The van der Waals surface area contributed by atoms with E-state index < -0.39 is 0 Å². The number of carbonyl (C=O) groups is 1. The van der Waals surface area contributed by atoms with Crippen LogP contribution in [-0.4, -0.2) is 47.0 Å². The highest BCUT2D eigenvalue weighted by molar-refractivity contribution is 5.55. The smallest absolute Gasteiger partial charge is 0.249 e. The molecule has 0 radical (unpaired) electrons. The van der Waals surface area contributed by atoms with Gasteiger partial charge in [-0.3, -0.25) is 4.79 Å². The molecule has 0 bridgehead atoms. The molecule has 1 amide bonds. The Balaban J connectivity index is 1.77. The molecule has 0 spiro atoms. The fourth-order valence-electron chi connectivity index (χ4n) is 2.79. The van der Waals surface area contributed by atoms with Crippen LogP contribution in [0.15, 0.2) is 28.8 Å². The third-order valence-corrected chi connectivity index (χ3v) is 3.87. The highest BCUT2D eigenvalue weighted by atomic mass is 16.5. The number of carbonyl (C=O) groups excluding carboxylic acids is 1. The van der Waals surface area contributed by atoms with Gasteiger partial charge in [0.1, 0.15) is 6.04 Å². The van der Waals surface area contributed by atoms with Gasteiger partial charge in [-0.15, -0.1) is 0 Å². The minimum Gasteiger partial charge on any atom is -0.337 e. The summed E-state index contributed by atoms with van der Waals surface area (Å²) in [5, 5.41) is 4.05. The maximum atomic E-state index is 11.0. The molecular weight excluding hydrogens is 280 g/mol. The first-order valence-electron chi connectivity index (χ1n) is 7.46. The molecule has 1 aromatic carbocycles. The molecule has 0 aliphatic carbocycles. The Bertz CT molecular complexity index is 636. The summed E-state index contributed by atoms with van der Waals surface area (Å²) in [6.07, 6.45) is 2.71. The van der Waals surface area contributed by atoms with Crippen LogP contribution in [0.3, 0.4) is 0 Å². The number of hydrogen-bond acceptors (Lipinski definition) is 5. The van der Waals surface area contributed by atoms with Crippen molar-refractivity contribution < 1.29 is 9.32 Å². The molecule has 116 valence electrons. The highest BCUT2D eigenvalue weighted by Crippen LogP contribution is 2.30. The predicted octanol–water partition coefficient (Wildman–Crippen LogP) is 2.09. The van der Waals surface area contributed by atoms with Gasteiger partial charge in [0.15, 0.2) is 0 Å². The molecule has 1 fully saturated rings. The van der Waals surface area contributed by atoms with Gasteiger partial charge in [0, 0.05) is 18.7 Å². The molecule has 1 aromatic heterocycles. The van der Waals surface area contributed by atoms with E-state index in [4.69, 9.17) is 4.52 Å². The lowest BCUT2D eigenvalue weighted by molar-refractivity contribution is -0.119. The van der Waals surface area contributed by atoms with Crippen LogP contribution in [0.2, 0.25) is 0 Å². The summed E-state index contributed by atoms with van der Waals surface area (Å²) >= 11 is 0. The van der Waals surface area contributed by atoms with Crippen molar-refractivity contribution in [3.63, 3.8) is 0 Å². The van der Waals surface area contributed by atoms with Crippen LogP contribution < -0.4 is 0 Å². The Morgan fingerprint density at radius 2 is 2.14 bits per heavy atom. The van der Waals surface area contributed by atoms with E-state index in [0.29, 0.717) is 11.7 Å². The molecule has 1 saturated heterocycles. The molecule has 3 rings (SSSR count). The summed E-state index contributed by atoms with van der Waals surface area (Å²) in [6.45, 7) is 1.65. The van der Waals surface area contributed by atoms with Gasteiger partial charge in [-0.1, -0.05) is 29.4 Å². The largest absolute Gasteiger partial charge is 0.337 e. The number of rotatable bonds is 5. The normalized spacial score (nSPS) is 18.1. The Hall–Kier alpha value is -2.21. The minimum atomic E-state index is -0.0771. The topological polar surface area (TPSA) is 62.5 Å². The van der Waals surface area contributed by atoms with E-state index in [0.717, 1.165) is 37.9 Å². The van der Waals surface area contributed by atoms with Gasteiger partial charge in [0.2, 0.25) is 18.1 Å². The van der Waals surface area contributed by atoms with Crippen molar-refractivity contribution in [3.05, 3.63) is 35.7 Å². The standard InChI is InChI=1S/C16H20N4O2/c1-19(2)10-12-5-7-13(8-6-12)15-17-16(22-18-15)14-4-3-9-20(14)11-21/h5-8,11,14H,3-4,9-10H2,1-2H3. The minimum absolute atomic E-state index is 0.0771. The molecule has 6 heteroatoms. The zero-order chi connectivity index (χ0) is 15.5. The monoisotopic (exact) mass is 300 g/mol. The second-order valence-electron chi connectivity index (χ2n) is 5.89. The van der Waals surface area contributed by atoms with Crippen molar-refractivity contribution in [1.29, 1.82) is 0 Å². The molecule has 0 N–H and O–H groups in total. The van der Waals surface area contributed by atoms with E-state index in [1.54, 1.807) is 4.90 Å². The van der Waals surface area contributed by atoms with E-state index in [1.165, 1.54) is 5.56 Å². The fraction of sp³-hybridized carbons (Fsp3) is 0.438. The van der Waals surface area contributed by atoms with Crippen LogP contribution in [0.25, 0.3) is 11.4 Å². The maximum absolute atomic E-state index is 11.0. The maximum Gasteiger partial charge on any atom is 0.249 e. The average Bonchev–Trinajstić information content (AvgIpc) is 3.16. The van der Waals surface area contributed by atoms with Gasteiger partial charge >= 0.3 is 0 Å². The Morgan fingerprint density at radius 1 is 1.36 bits per heavy atom. The van der Waals surface area contributed by atoms with Crippen molar-refractivity contribution in [2.45, 2.75) is 25.4 Å². The lowest BCUT2D eigenvalue weighted by atomic mass is 10.1. The van der Waals surface area contributed by atoms with Crippen LogP contribution in [0.5, 0.6) is 0 Å². The third kappa shape index (κ3) is 3.01. The second-order valence-corrected chi connectivity index (χ2v) is 5.89. The zero-order valence-electron chi connectivity index (χ0n) is 12.9. The van der Waals surface area contributed by atoms with Crippen molar-refractivity contribution in [1.82, 2.24) is 19.9 Å². The van der Waals surface area contributed by atoms with Crippen molar-refractivity contribution in [3.8, 4) is 11.4 Å². The first-order chi connectivity index (χ1) is 10.7. The van der Waals surface area contributed by atoms with Gasteiger partial charge < -0.3 is 14.3 Å². The van der Waals surface area contributed by atoms with Gasteiger partial charge in [0.05, 0.1) is 0 Å². The molecule has 2 heterocycles. The van der Waals surface area contributed by atoms with Gasteiger partial charge in [0.25, 0.3) is 0 Å². The van der Waals surface area contributed by atoms with Crippen LogP contribution in [0.1, 0.15) is 30.3 Å². The molecule has 2 aromatic rings. The molecule has 1 atom stereocenters. The first-order valence-corrected chi connectivity index (χ1v) is 7.46. The van der Waals surface area contributed by atoms with Crippen molar-refractivity contribution in [2.24, 2.45) is 0 Å². The van der Waals surface area contributed by atoms with E-state index >= 15 is 0 Å². The van der Waals surface area contributed by atoms with Gasteiger partial charge in [-0.2, -0.15) is 4.98 Å². The molecule has 1 aliphatic heterocycles. The SMILES string of the molecule is CN(C)Cc1ccc(-c2noc(C3CCCN3C=O)n2)cc1. The number of amides is 1. The summed E-state index contributed by atoms with van der Waals surface area (Å²) in [5.74, 6) is 1.10. The first kappa shape index (κ1) is 14.7. The molecule has 22 heavy (non-hydrogen) atoms. The summed E-state index contributed by atoms with van der Waals surface area (Å²) in [5.41, 5.74) is 2.16. The highest BCUT2D eigenvalue weighted by Gasteiger charge is 2.29. The van der Waals surface area contributed by atoms with Crippen molar-refractivity contribution in [2.75, 3.05) is 20.6 Å². The van der Waals surface area contributed by atoms with E-state index in [2.05, 4.69) is 27.2 Å². The number of nitrogens with zero attached hydrogens (tertiary/aromatic N) is 4. The zero-order valence-corrected chi connectivity index (χ0v) is 12.9. The number of hydrogen-bond donors (Lipinski definition) is 0. The van der Waals surface area contributed by atoms with Crippen LogP contribution in [-0.2, 0) is 11.3 Å². The van der Waals surface area contributed by atoms with Crippen LogP contribution in [0, 0.1) is 0 Å². The molecule has 1 aliphatic rings. The molecule has 6 nitrogen and oxygen atoms in total. The predicted molar refractivity (Wildman–Crippen MR) is 81.9 cm³/mol. The quantitative estimate of drug-likeness (QED) is 0.791. The van der Waals surface area contributed by atoms with Crippen LogP contribution in [0.4, 0.5) is 0 Å². The molecule has 1 unspecified atom stereocenters. The van der Waals surface area contributed by atoms with Crippen molar-refractivity contribution >= 4 is 6.41 Å². The Kier molecular flexibility index (Phi) is 4.20. The van der Waals surface area contributed by atoms with E-state index in [9.17, 15) is 4.79 Å². The summed E-state index contributed by atoms with van der Waals surface area (Å²) in [7, 11) is 4.08. The van der Waals surface area contributed by atoms with Gasteiger partial charge in [-0.05, 0) is 32.5 Å². The molecular formula is C16H20N4O2. The lowest BCUT2D eigenvalue weighted by Crippen LogP contribution is -2.21. The Labute approximate surface area is 129 Å². The van der Waals surface area contributed by atoms with Crippen LogP contribution >= 0.6 is 0 Å². The Morgan fingerprint density at radius 3 is 2.82 bits per heavy atom. The van der Waals surface area contributed by atoms with E-state index in [-0.39, 0.29) is 6.04 Å². The van der Waals surface area contributed by atoms with Gasteiger partial charge in [-0.25, -0.2) is 0 Å². The molecule has 0 saturated carbocycles. The fourth-order valence-corrected chi connectivity index (χ4v) is 2.79. The second kappa shape index (κ2) is 6.27. The number of likely N-dealkylation sites (tertiary alicyclic amines) is 1. The average molecular weight is 300 g/mol. The number of aromatic nitrogens is 2.